The van der Waals surface area contributed by atoms with E-state index in [-0.39, 0.29) is 5.82 Å². The molecule has 1 aliphatic rings. The zero-order chi connectivity index (χ0) is 13.7. The lowest BCUT2D eigenvalue weighted by molar-refractivity contribution is 0.261. The first-order valence-electron chi connectivity index (χ1n) is 7.38. The zero-order valence-corrected chi connectivity index (χ0v) is 13.2. The maximum absolute atomic E-state index is 13.5. The van der Waals surface area contributed by atoms with Crippen molar-refractivity contribution >= 4 is 15.9 Å². The summed E-state index contributed by atoms with van der Waals surface area (Å²) in [5.41, 5.74) is 1.02. The molecule has 2 rings (SSSR count). The van der Waals surface area contributed by atoms with Crippen molar-refractivity contribution in [3.8, 4) is 0 Å². The number of hydrogen-bond donors (Lipinski definition) is 1. The van der Waals surface area contributed by atoms with Gasteiger partial charge < -0.3 is 5.32 Å². The smallest absolute Gasteiger partial charge is 0.137 e. The number of halogens is 2. The minimum Gasteiger partial charge on any atom is -0.310 e. The van der Waals surface area contributed by atoms with Gasteiger partial charge in [-0.3, -0.25) is 0 Å². The Bertz CT molecular complexity index is 402. The number of rotatable bonds is 5. The second-order valence-corrected chi connectivity index (χ2v) is 6.40. The molecule has 0 aromatic heterocycles. The highest BCUT2D eigenvalue weighted by molar-refractivity contribution is 9.10. The Balaban J connectivity index is 1.89. The molecule has 1 aromatic rings. The Kier molecular flexibility index (Phi) is 5.83. The van der Waals surface area contributed by atoms with Crippen LogP contribution in [0.15, 0.2) is 22.7 Å². The van der Waals surface area contributed by atoms with Crippen molar-refractivity contribution in [3.63, 3.8) is 0 Å². The Labute approximate surface area is 124 Å². The number of benzene rings is 1. The van der Waals surface area contributed by atoms with Gasteiger partial charge >= 0.3 is 0 Å². The van der Waals surface area contributed by atoms with Crippen molar-refractivity contribution in [2.24, 2.45) is 5.92 Å². The van der Waals surface area contributed by atoms with E-state index in [0.29, 0.717) is 10.5 Å². The van der Waals surface area contributed by atoms with Crippen LogP contribution in [0.1, 0.15) is 51.0 Å². The molecule has 1 aliphatic carbocycles. The van der Waals surface area contributed by atoms with Gasteiger partial charge in [-0.2, -0.15) is 0 Å². The topological polar surface area (TPSA) is 12.0 Å². The first kappa shape index (κ1) is 15.0. The van der Waals surface area contributed by atoms with Crippen LogP contribution >= 0.6 is 15.9 Å². The average molecular weight is 328 g/mol. The van der Waals surface area contributed by atoms with E-state index in [1.54, 1.807) is 12.1 Å². The highest BCUT2D eigenvalue weighted by Crippen LogP contribution is 2.28. The SMILES string of the molecule is CCC(NCc1ccc(Br)c(F)c1)C1CCCCC1. The summed E-state index contributed by atoms with van der Waals surface area (Å²) in [5, 5.41) is 3.62. The summed E-state index contributed by atoms with van der Waals surface area (Å²) in [6, 6.07) is 5.96. The summed E-state index contributed by atoms with van der Waals surface area (Å²) < 4.78 is 14.0. The fourth-order valence-corrected chi connectivity index (χ4v) is 3.33. The average Bonchev–Trinajstić information content (AvgIpc) is 2.44. The molecule has 106 valence electrons. The van der Waals surface area contributed by atoms with Crippen molar-refractivity contribution < 1.29 is 4.39 Å². The van der Waals surface area contributed by atoms with Crippen LogP contribution < -0.4 is 5.32 Å². The largest absolute Gasteiger partial charge is 0.310 e. The third-order valence-corrected chi connectivity index (χ3v) is 4.85. The third-order valence-electron chi connectivity index (χ3n) is 4.21. The van der Waals surface area contributed by atoms with E-state index in [0.717, 1.165) is 24.4 Å². The summed E-state index contributed by atoms with van der Waals surface area (Å²) >= 11 is 3.19. The molecule has 1 unspecified atom stereocenters. The van der Waals surface area contributed by atoms with E-state index in [2.05, 4.69) is 28.2 Å². The van der Waals surface area contributed by atoms with Crippen LogP contribution in [0.25, 0.3) is 0 Å². The van der Waals surface area contributed by atoms with Gasteiger partial charge in [-0.15, -0.1) is 0 Å². The van der Waals surface area contributed by atoms with E-state index in [9.17, 15) is 4.39 Å². The van der Waals surface area contributed by atoms with Gasteiger partial charge in [0.2, 0.25) is 0 Å². The highest BCUT2D eigenvalue weighted by Gasteiger charge is 2.21. The van der Waals surface area contributed by atoms with Crippen LogP contribution in [0.5, 0.6) is 0 Å². The van der Waals surface area contributed by atoms with Crippen LogP contribution in [0.2, 0.25) is 0 Å². The quantitative estimate of drug-likeness (QED) is 0.799. The van der Waals surface area contributed by atoms with Gasteiger partial charge in [0.05, 0.1) is 4.47 Å². The molecule has 1 saturated carbocycles. The molecule has 0 aliphatic heterocycles. The molecule has 1 nitrogen and oxygen atoms in total. The third kappa shape index (κ3) is 4.28. The minimum absolute atomic E-state index is 0.176. The Morgan fingerprint density at radius 1 is 1.32 bits per heavy atom. The van der Waals surface area contributed by atoms with Gasteiger partial charge in [0, 0.05) is 12.6 Å². The van der Waals surface area contributed by atoms with Gasteiger partial charge in [0.1, 0.15) is 5.82 Å². The van der Waals surface area contributed by atoms with E-state index in [1.807, 2.05) is 6.07 Å². The van der Waals surface area contributed by atoms with Gasteiger partial charge in [-0.05, 0) is 58.8 Å². The van der Waals surface area contributed by atoms with Gasteiger partial charge in [-0.1, -0.05) is 32.3 Å². The van der Waals surface area contributed by atoms with Crippen LogP contribution in [0.4, 0.5) is 4.39 Å². The molecule has 0 saturated heterocycles. The lowest BCUT2D eigenvalue weighted by atomic mass is 9.83. The molecule has 1 fully saturated rings. The van der Waals surface area contributed by atoms with Crippen molar-refractivity contribution in [1.29, 1.82) is 0 Å². The Morgan fingerprint density at radius 3 is 2.68 bits per heavy atom. The Hall–Kier alpha value is -0.410. The van der Waals surface area contributed by atoms with Crippen molar-refractivity contribution in [2.45, 2.75) is 58.0 Å². The normalized spacial score (nSPS) is 18.5. The fraction of sp³-hybridized carbons (Fsp3) is 0.625. The van der Waals surface area contributed by atoms with Crippen molar-refractivity contribution in [1.82, 2.24) is 5.32 Å². The lowest BCUT2D eigenvalue weighted by Gasteiger charge is -2.30. The molecule has 19 heavy (non-hydrogen) atoms. The molecular formula is C16H23BrFN. The molecular weight excluding hydrogens is 305 g/mol. The molecule has 3 heteroatoms. The van der Waals surface area contributed by atoms with Gasteiger partial charge in [0.25, 0.3) is 0 Å². The van der Waals surface area contributed by atoms with Gasteiger partial charge in [0.15, 0.2) is 0 Å². The second-order valence-electron chi connectivity index (χ2n) is 5.54. The lowest BCUT2D eigenvalue weighted by Crippen LogP contribution is -2.36. The predicted octanol–water partition coefficient (Wildman–Crippen LogP) is 5.04. The standard InChI is InChI=1S/C16H23BrFN/c1-2-16(13-6-4-3-5-7-13)19-11-12-8-9-14(17)15(18)10-12/h8-10,13,16,19H,2-7,11H2,1H3. The Morgan fingerprint density at radius 2 is 2.05 bits per heavy atom. The van der Waals surface area contributed by atoms with Crippen LogP contribution in [0, 0.1) is 11.7 Å². The van der Waals surface area contributed by atoms with Crippen LogP contribution in [-0.2, 0) is 6.54 Å². The zero-order valence-electron chi connectivity index (χ0n) is 11.6. The van der Waals surface area contributed by atoms with Crippen molar-refractivity contribution in [3.05, 3.63) is 34.1 Å². The molecule has 0 amide bonds. The summed E-state index contributed by atoms with van der Waals surface area (Å²) in [6.45, 7) is 3.01. The minimum atomic E-state index is -0.176. The van der Waals surface area contributed by atoms with E-state index < -0.39 is 0 Å². The monoisotopic (exact) mass is 327 g/mol. The van der Waals surface area contributed by atoms with E-state index >= 15 is 0 Å². The molecule has 1 N–H and O–H groups in total. The molecule has 0 heterocycles. The molecule has 0 radical (unpaired) electrons. The van der Waals surface area contributed by atoms with E-state index in [4.69, 9.17) is 0 Å². The summed E-state index contributed by atoms with van der Waals surface area (Å²) in [6.07, 6.45) is 7.99. The summed E-state index contributed by atoms with van der Waals surface area (Å²) in [5.74, 6) is 0.629. The predicted molar refractivity (Wildman–Crippen MR) is 81.6 cm³/mol. The second kappa shape index (κ2) is 7.39. The number of hydrogen-bond acceptors (Lipinski definition) is 1. The van der Waals surface area contributed by atoms with E-state index in [1.165, 1.54) is 32.1 Å². The summed E-state index contributed by atoms with van der Waals surface area (Å²) in [4.78, 5) is 0. The highest BCUT2D eigenvalue weighted by atomic mass is 79.9. The molecule has 0 bridgehead atoms. The number of nitrogens with one attached hydrogen (secondary N) is 1. The first-order chi connectivity index (χ1) is 9.20. The molecule has 0 spiro atoms. The molecule has 1 atom stereocenters. The summed E-state index contributed by atoms with van der Waals surface area (Å²) in [7, 11) is 0. The molecule has 1 aromatic carbocycles. The fourth-order valence-electron chi connectivity index (χ4n) is 3.08. The van der Waals surface area contributed by atoms with Crippen LogP contribution in [-0.4, -0.2) is 6.04 Å². The van der Waals surface area contributed by atoms with Gasteiger partial charge in [-0.25, -0.2) is 4.39 Å². The van der Waals surface area contributed by atoms with Crippen molar-refractivity contribution in [2.75, 3.05) is 0 Å². The maximum atomic E-state index is 13.5. The van der Waals surface area contributed by atoms with Crippen LogP contribution in [0.3, 0.4) is 0 Å². The first-order valence-corrected chi connectivity index (χ1v) is 8.17. The maximum Gasteiger partial charge on any atom is 0.137 e.